The molecule has 3 saturated heterocycles. The van der Waals surface area contributed by atoms with Gasteiger partial charge in [-0.3, -0.25) is 9.88 Å². The number of nitrogens with zero attached hydrogens (tertiary/aromatic N) is 5. The lowest BCUT2D eigenvalue weighted by molar-refractivity contribution is -0.104. The van der Waals surface area contributed by atoms with Crippen molar-refractivity contribution in [2.45, 2.75) is 62.4 Å². The number of aliphatic hydroxyl groups is 1. The fourth-order valence-corrected chi connectivity index (χ4v) is 6.85. The van der Waals surface area contributed by atoms with E-state index in [9.17, 15) is 5.11 Å². The Morgan fingerprint density at radius 3 is 3.06 bits per heavy atom. The Bertz CT molecular complexity index is 1270. The lowest BCUT2D eigenvalue weighted by Crippen LogP contribution is -2.61. The van der Waals surface area contributed by atoms with Crippen LogP contribution in [-0.2, 0) is 28.0 Å². The molecule has 184 valence electrons. The van der Waals surface area contributed by atoms with Crippen LogP contribution in [0.4, 0.5) is 0 Å². The average Bonchev–Trinajstić information content (AvgIpc) is 3.56. The molecule has 0 amide bonds. The summed E-state index contributed by atoms with van der Waals surface area (Å²) in [7, 11) is 0. The highest BCUT2D eigenvalue weighted by Gasteiger charge is 2.69. The number of hydrogen-bond donors (Lipinski definition) is 1. The minimum Gasteiger partial charge on any atom is -0.484 e. The zero-order chi connectivity index (χ0) is 23.6. The van der Waals surface area contributed by atoms with Gasteiger partial charge in [0.1, 0.15) is 17.5 Å². The molecule has 2 unspecified atom stereocenters. The number of pyridine rings is 1. The number of aromatic nitrogens is 4. The van der Waals surface area contributed by atoms with Crippen LogP contribution < -0.4 is 4.74 Å². The topological polar surface area (TPSA) is 94.8 Å². The molecule has 4 aliphatic heterocycles. The zero-order valence-corrected chi connectivity index (χ0v) is 20.0. The van der Waals surface area contributed by atoms with Crippen molar-refractivity contribution in [3.05, 3.63) is 47.4 Å². The summed E-state index contributed by atoms with van der Waals surface area (Å²) < 4.78 is 19.9. The molecule has 2 aromatic heterocycles. The standard InChI is InChI=1S/C26H31N5O4/c1-17(35-20-2-3-23-22(8-20)21-5-7-33-11-18(21)9-27-23)24-10-31(29-28-24)25-13-26(14-25)16-34-12-19(4-6-32)30(26)15-25/h2-3,8-10,17,19,32H,4-7,11-16H2,1H3. The van der Waals surface area contributed by atoms with Crippen LogP contribution >= 0.6 is 0 Å². The highest BCUT2D eigenvalue weighted by Crippen LogP contribution is 2.59. The summed E-state index contributed by atoms with van der Waals surface area (Å²) in [5, 5.41) is 19.7. The SMILES string of the molecule is CC(Oc1ccc2ncc3c(c2c1)CCOC3)c1cn(C23CN4C(CCO)COCC4(C2)C3)nn1. The summed E-state index contributed by atoms with van der Waals surface area (Å²) in [5.41, 5.74) is 4.34. The van der Waals surface area contributed by atoms with Gasteiger partial charge in [-0.05, 0) is 61.9 Å². The van der Waals surface area contributed by atoms with Gasteiger partial charge < -0.3 is 19.3 Å². The minimum atomic E-state index is -0.225. The van der Waals surface area contributed by atoms with Crippen LogP contribution in [0.2, 0.25) is 0 Å². The third-order valence-electron chi connectivity index (χ3n) is 8.49. The quantitative estimate of drug-likeness (QED) is 0.578. The van der Waals surface area contributed by atoms with E-state index in [4.69, 9.17) is 14.2 Å². The molecule has 35 heavy (non-hydrogen) atoms. The third-order valence-corrected chi connectivity index (χ3v) is 8.49. The Morgan fingerprint density at radius 2 is 2.17 bits per heavy atom. The summed E-state index contributed by atoms with van der Waals surface area (Å²) in [6, 6.07) is 6.38. The van der Waals surface area contributed by atoms with Gasteiger partial charge in [0.2, 0.25) is 0 Å². The zero-order valence-electron chi connectivity index (χ0n) is 20.0. The maximum atomic E-state index is 9.49. The molecule has 1 saturated carbocycles. The van der Waals surface area contributed by atoms with Gasteiger partial charge in [-0.1, -0.05) is 5.21 Å². The Kier molecular flexibility index (Phi) is 4.93. The fourth-order valence-electron chi connectivity index (χ4n) is 6.85. The van der Waals surface area contributed by atoms with E-state index in [0.29, 0.717) is 13.2 Å². The molecule has 3 aromatic rings. The first-order chi connectivity index (χ1) is 17.1. The maximum Gasteiger partial charge on any atom is 0.141 e. The molecular weight excluding hydrogens is 446 g/mol. The van der Waals surface area contributed by atoms with E-state index < -0.39 is 0 Å². The second kappa shape index (κ2) is 7.96. The predicted molar refractivity (Wildman–Crippen MR) is 127 cm³/mol. The molecular formula is C26H31N5O4. The van der Waals surface area contributed by atoms with E-state index in [1.165, 1.54) is 5.56 Å². The van der Waals surface area contributed by atoms with Crippen molar-refractivity contribution in [2.24, 2.45) is 0 Å². The van der Waals surface area contributed by atoms with E-state index in [1.54, 1.807) is 0 Å². The van der Waals surface area contributed by atoms with Gasteiger partial charge in [0.25, 0.3) is 0 Å². The highest BCUT2D eigenvalue weighted by molar-refractivity contribution is 5.84. The molecule has 1 aromatic carbocycles. The molecule has 9 nitrogen and oxygen atoms in total. The predicted octanol–water partition coefficient (Wildman–Crippen LogP) is 2.36. The molecule has 0 radical (unpaired) electrons. The Hall–Kier alpha value is -2.59. The van der Waals surface area contributed by atoms with Crippen molar-refractivity contribution in [3.63, 3.8) is 0 Å². The Balaban J connectivity index is 1.10. The number of ether oxygens (including phenoxy) is 3. The average molecular weight is 478 g/mol. The molecule has 2 atom stereocenters. The van der Waals surface area contributed by atoms with Gasteiger partial charge in [0.15, 0.2) is 0 Å². The van der Waals surface area contributed by atoms with E-state index in [0.717, 1.165) is 73.4 Å². The second-order valence-electron chi connectivity index (χ2n) is 10.7. The summed E-state index contributed by atoms with van der Waals surface area (Å²) in [4.78, 5) is 7.15. The molecule has 6 heterocycles. The molecule has 5 aliphatic rings. The summed E-state index contributed by atoms with van der Waals surface area (Å²) >= 11 is 0. The number of rotatable bonds is 6. The molecule has 2 bridgehead atoms. The first kappa shape index (κ1) is 21.7. The van der Waals surface area contributed by atoms with Crippen LogP contribution in [0, 0.1) is 0 Å². The summed E-state index contributed by atoms with van der Waals surface area (Å²) in [6.45, 7) is 5.98. The lowest BCUT2D eigenvalue weighted by Gasteiger charge is -2.51. The van der Waals surface area contributed by atoms with E-state index in [2.05, 4.69) is 37.1 Å². The van der Waals surface area contributed by atoms with Gasteiger partial charge in [0.05, 0.1) is 43.7 Å². The van der Waals surface area contributed by atoms with Crippen molar-refractivity contribution in [3.8, 4) is 5.75 Å². The van der Waals surface area contributed by atoms with E-state index in [1.807, 2.05) is 25.3 Å². The molecule has 4 fully saturated rings. The lowest BCUT2D eigenvalue weighted by atomic mass is 9.67. The number of aliphatic hydroxyl groups excluding tert-OH is 1. The van der Waals surface area contributed by atoms with Gasteiger partial charge in [-0.15, -0.1) is 5.10 Å². The molecule has 1 spiro atoms. The Labute approximate surface area is 204 Å². The van der Waals surface area contributed by atoms with Gasteiger partial charge in [0, 0.05) is 36.3 Å². The van der Waals surface area contributed by atoms with Crippen LogP contribution in [0.15, 0.2) is 30.6 Å². The van der Waals surface area contributed by atoms with Crippen LogP contribution in [0.5, 0.6) is 5.75 Å². The van der Waals surface area contributed by atoms with Crippen LogP contribution in [-0.4, -0.2) is 74.5 Å². The maximum absolute atomic E-state index is 9.49. The normalized spacial score (nSPS) is 30.5. The van der Waals surface area contributed by atoms with E-state index in [-0.39, 0.29) is 29.8 Å². The van der Waals surface area contributed by atoms with Gasteiger partial charge in [-0.25, -0.2) is 4.68 Å². The van der Waals surface area contributed by atoms with Crippen LogP contribution in [0.3, 0.4) is 0 Å². The molecule has 9 heteroatoms. The second-order valence-corrected chi connectivity index (χ2v) is 10.7. The molecule has 1 aliphatic carbocycles. The smallest absolute Gasteiger partial charge is 0.141 e. The largest absolute Gasteiger partial charge is 0.484 e. The number of morpholine rings is 1. The van der Waals surface area contributed by atoms with E-state index >= 15 is 0 Å². The van der Waals surface area contributed by atoms with Crippen molar-refractivity contribution < 1.29 is 19.3 Å². The summed E-state index contributed by atoms with van der Waals surface area (Å²) in [6.07, 6.45) is 7.45. The first-order valence-corrected chi connectivity index (χ1v) is 12.6. The van der Waals surface area contributed by atoms with Crippen LogP contribution in [0.1, 0.15) is 49.1 Å². The van der Waals surface area contributed by atoms with Crippen molar-refractivity contribution in [1.82, 2.24) is 24.9 Å². The highest BCUT2D eigenvalue weighted by atomic mass is 16.5. The van der Waals surface area contributed by atoms with Gasteiger partial charge in [-0.2, -0.15) is 0 Å². The van der Waals surface area contributed by atoms with Crippen molar-refractivity contribution in [2.75, 3.05) is 33.0 Å². The van der Waals surface area contributed by atoms with Crippen molar-refractivity contribution in [1.29, 1.82) is 0 Å². The minimum absolute atomic E-state index is 0.0396. The van der Waals surface area contributed by atoms with Gasteiger partial charge >= 0.3 is 0 Å². The Morgan fingerprint density at radius 1 is 1.26 bits per heavy atom. The first-order valence-electron chi connectivity index (χ1n) is 12.6. The fraction of sp³-hybridized carbons (Fsp3) is 0.577. The van der Waals surface area contributed by atoms with Crippen molar-refractivity contribution >= 4 is 10.9 Å². The number of benzene rings is 1. The third kappa shape index (κ3) is 3.32. The summed E-state index contributed by atoms with van der Waals surface area (Å²) in [5.74, 6) is 0.809. The van der Waals surface area contributed by atoms with Crippen LogP contribution in [0.25, 0.3) is 10.9 Å². The molecule has 8 rings (SSSR count). The molecule has 1 N–H and O–H groups in total. The number of hydrogen-bond acceptors (Lipinski definition) is 8. The monoisotopic (exact) mass is 477 g/mol. The number of fused-ring (bicyclic) bond motifs is 3.